The minimum Gasteiger partial charge on any atom is -0.337 e. The van der Waals surface area contributed by atoms with E-state index in [9.17, 15) is 22.8 Å². The van der Waals surface area contributed by atoms with Gasteiger partial charge in [0, 0.05) is 19.3 Å². The van der Waals surface area contributed by atoms with Crippen LogP contribution < -0.4 is 5.56 Å². The Labute approximate surface area is 163 Å². The number of carbonyl (C=O) groups is 1. The topological polar surface area (TPSA) is 68.1 Å². The predicted octanol–water partition coefficient (Wildman–Crippen LogP) is 3.29. The van der Waals surface area contributed by atoms with Crippen LogP contribution in [0.4, 0.5) is 13.2 Å². The second-order valence-electron chi connectivity index (χ2n) is 6.95. The van der Waals surface area contributed by atoms with E-state index in [0.29, 0.717) is 30.3 Å². The molecule has 1 fully saturated rings. The number of carbonyl (C=O) groups excluding carboxylic acids is 1. The first-order valence-electron chi connectivity index (χ1n) is 9.13. The van der Waals surface area contributed by atoms with Gasteiger partial charge in [-0.15, -0.1) is 0 Å². The van der Waals surface area contributed by atoms with Crippen molar-refractivity contribution in [1.82, 2.24) is 19.4 Å². The van der Waals surface area contributed by atoms with Gasteiger partial charge in [-0.25, -0.2) is 4.98 Å². The molecule has 1 amide bonds. The standard InChI is InChI=1S/C20H17F3N4O2/c21-20(22,23)17-8-7-13(10-24-17)18(28)26-9-3-4-14(11-26)27-12-25-16-6-2-1-5-15(16)19(27)29/h1-2,5-8,10,12,14H,3-4,9,11H2/t14-/m0/s1. The second kappa shape index (κ2) is 7.31. The monoisotopic (exact) mass is 402 g/mol. The number of hydrogen-bond donors (Lipinski definition) is 0. The summed E-state index contributed by atoms with van der Waals surface area (Å²) in [5.74, 6) is -0.405. The Morgan fingerprint density at radius 2 is 1.90 bits per heavy atom. The predicted molar refractivity (Wildman–Crippen MR) is 99.4 cm³/mol. The summed E-state index contributed by atoms with van der Waals surface area (Å²) in [6.45, 7) is 0.742. The highest BCUT2D eigenvalue weighted by atomic mass is 19.4. The van der Waals surface area contributed by atoms with Gasteiger partial charge in [-0.2, -0.15) is 13.2 Å². The minimum absolute atomic E-state index is 0.0858. The van der Waals surface area contributed by atoms with Gasteiger partial charge in [-0.3, -0.25) is 19.1 Å². The Morgan fingerprint density at radius 1 is 1.10 bits per heavy atom. The van der Waals surface area contributed by atoms with Crippen LogP contribution in [0.3, 0.4) is 0 Å². The molecule has 6 nitrogen and oxygen atoms in total. The zero-order chi connectivity index (χ0) is 20.6. The van der Waals surface area contributed by atoms with E-state index in [1.165, 1.54) is 10.9 Å². The van der Waals surface area contributed by atoms with Crippen LogP contribution in [0.1, 0.15) is 34.9 Å². The van der Waals surface area contributed by atoms with Crippen LogP contribution >= 0.6 is 0 Å². The van der Waals surface area contributed by atoms with Crippen LogP contribution in [0.5, 0.6) is 0 Å². The summed E-state index contributed by atoms with van der Waals surface area (Å²) in [6, 6.07) is 8.72. The van der Waals surface area contributed by atoms with E-state index in [1.54, 1.807) is 29.2 Å². The van der Waals surface area contributed by atoms with Crippen molar-refractivity contribution in [2.24, 2.45) is 0 Å². The van der Waals surface area contributed by atoms with Crippen LogP contribution in [0.15, 0.2) is 53.7 Å². The molecular weight excluding hydrogens is 385 g/mol. The maximum absolute atomic E-state index is 12.8. The molecular formula is C20H17F3N4O2. The summed E-state index contributed by atoms with van der Waals surface area (Å²) in [4.78, 5) is 34.8. The van der Waals surface area contributed by atoms with Crippen molar-refractivity contribution in [3.63, 3.8) is 0 Å². The number of benzene rings is 1. The van der Waals surface area contributed by atoms with Crippen molar-refractivity contribution in [3.05, 3.63) is 70.5 Å². The van der Waals surface area contributed by atoms with Crippen molar-refractivity contribution < 1.29 is 18.0 Å². The first-order chi connectivity index (χ1) is 13.8. The number of nitrogens with zero attached hydrogens (tertiary/aromatic N) is 4. The molecule has 1 aliphatic rings. The fourth-order valence-electron chi connectivity index (χ4n) is 3.58. The molecule has 0 unspecified atom stereocenters. The van der Waals surface area contributed by atoms with Gasteiger partial charge >= 0.3 is 6.18 Å². The fraction of sp³-hybridized carbons (Fsp3) is 0.300. The largest absolute Gasteiger partial charge is 0.433 e. The molecule has 9 heteroatoms. The van der Waals surface area contributed by atoms with Crippen LogP contribution in [0.2, 0.25) is 0 Å². The van der Waals surface area contributed by atoms with Crippen LogP contribution in [0.25, 0.3) is 10.9 Å². The van der Waals surface area contributed by atoms with Gasteiger partial charge in [0.05, 0.1) is 28.8 Å². The Hall–Kier alpha value is -3.23. The molecule has 3 aromatic rings. The number of piperidine rings is 1. The molecule has 0 radical (unpaired) electrons. The number of rotatable bonds is 2. The average molecular weight is 402 g/mol. The normalized spacial score (nSPS) is 17.5. The maximum Gasteiger partial charge on any atom is 0.433 e. The Kier molecular flexibility index (Phi) is 4.81. The highest BCUT2D eigenvalue weighted by Crippen LogP contribution is 2.28. The van der Waals surface area contributed by atoms with Gasteiger partial charge in [0.1, 0.15) is 5.69 Å². The first-order valence-corrected chi connectivity index (χ1v) is 9.13. The molecule has 0 bridgehead atoms. The van der Waals surface area contributed by atoms with Crippen molar-refractivity contribution in [3.8, 4) is 0 Å². The van der Waals surface area contributed by atoms with Crippen molar-refractivity contribution >= 4 is 16.8 Å². The van der Waals surface area contributed by atoms with E-state index in [4.69, 9.17) is 0 Å². The van der Waals surface area contributed by atoms with Crippen molar-refractivity contribution in [2.45, 2.75) is 25.1 Å². The third-order valence-corrected chi connectivity index (χ3v) is 5.07. The Bertz CT molecular complexity index is 1110. The molecule has 29 heavy (non-hydrogen) atoms. The van der Waals surface area contributed by atoms with Gasteiger partial charge in [-0.05, 0) is 37.1 Å². The van der Waals surface area contributed by atoms with Crippen LogP contribution in [-0.2, 0) is 6.18 Å². The number of alkyl halides is 3. The number of amides is 1. The number of likely N-dealkylation sites (tertiary alicyclic amines) is 1. The van der Waals surface area contributed by atoms with Gasteiger partial charge < -0.3 is 4.90 Å². The highest BCUT2D eigenvalue weighted by molar-refractivity contribution is 5.94. The molecule has 0 N–H and O–H groups in total. The molecule has 0 aliphatic carbocycles. The number of halogens is 3. The summed E-state index contributed by atoms with van der Waals surface area (Å²) >= 11 is 0. The van der Waals surface area contributed by atoms with E-state index in [-0.39, 0.29) is 23.7 Å². The number of hydrogen-bond acceptors (Lipinski definition) is 4. The molecule has 0 saturated carbocycles. The van der Waals surface area contributed by atoms with Crippen molar-refractivity contribution in [1.29, 1.82) is 0 Å². The molecule has 1 atom stereocenters. The van der Waals surface area contributed by atoms with Crippen LogP contribution in [0, 0.1) is 0 Å². The third-order valence-electron chi connectivity index (χ3n) is 5.07. The van der Waals surface area contributed by atoms with E-state index in [2.05, 4.69) is 9.97 Å². The highest BCUT2D eigenvalue weighted by Gasteiger charge is 2.33. The van der Waals surface area contributed by atoms with E-state index >= 15 is 0 Å². The average Bonchev–Trinajstić information content (AvgIpc) is 2.73. The third kappa shape index (κ3) is 3.72. The van der Waals surface area contributed by atoms with Gasteiger partial charge in [0.15, 0.2) is 0 Å². The summed E-state index contributed by atoms with van der Waals surface area (Å²) in [5, 5.41) is 0.505. The van der Waals surface area contributed by atoms with E-state index < -0.39 is 17.8 Å². The molecule has 2 aromatic heterocycles. The Balaban J connectivity index is 1.56. The summed E-state index contributed by atoms with van der Waals surface area (Å²) in [7, 11) is 0. The molecule has 4 rings (SSSR count). The number of fused-ring (bicyclic) bond motifs is 1. The molecule has 150 valence electrons. The number of aromatic nitrogens is 3. The number of para-hydroxylation sites is 1. The lowest BCUT2D eigenvalue weighted by atomic mass is 10.0. The zero-order valence-electron chi connectivity index (χ0n) is 15.3. The summed E-state index contributed by atoms with van der Waals surface area (Å²) in [5.41, 5.74) is -0.526. The zero-order valence-corrected chi connectivity index (χ0v) is 15.3. The van der Waals surface area contributed by atoms with Crippen LogP contribution in [-0.4, -0.2) is 38.4 Å². The smallest absolute Gasteiger partial charge is 0.337 e. The van der Waals surface area contributed by atoms with Crippen molar-refractivity contribution in [2.75, 3.05) is 13.1 Å². The van der Waals surface area contributed by atoms with Gasteiger partial charge in [0.25, 0.3) is 11.5 Å². The Morgan fingerprint density at radius 3 is 2.62 bits per heavy atom. The van der Waals surface area contributed by atoms with E-state index in [0.717, 1.165) is 18.3 Å². The lowest BCUT2D eigenvalue weighted by Gasteiger charge is -2.33. The van der Waals surface area contributed by atoms with Gasteiger partial charge in [0.2, 0.25) is 0 Å². The SMILES string of the molecule is O=C(c1ccc(C(F)(F)F)nc1)N1CCC[C@H](n2cnc3ccccc3c2=O)C1. The second-order valence-corrected chi connectivity index (χ2v) is 6.95. The molecule has 0 spiro atoms. The summed E-state index contributed by atoms with van der Waals surface area (Å²) < 4.78 is 39.5. The molecule has 1 aliphatic heterocycles. The fourth-order valence-corrected chi connectivity index (χ4v) is 3.58. The lowest BCUT2D eigenvalue weighted by Crippen LogP contribution is -2.43. The quantitative estimate of drug-likeness (QED) is 0.660. The molecule has 1 saturated heterocycles. The number of pyridine rings is 1. The lowest BCUT2D eigenvalue weighted by molar-refractivity contribution is -0.141. The maximum atomic E-state index is 12.8. The molecule has 3 heterocycles. The van der Waals surface area contributed by atoms with E-state index in [1.807, 2.05) is 0 Å². The first kappa shape index (κ1) is 19.1. The molecule has 1 aromatic carbocycles. The minimum atomic E-state index is -4.55. The summed E-state index contributed by atoms with van der Waals surface area (Å²) in [6.07, 6.45) is -0.748. The van der Waals surface area contributed by atoms with Gasteiger partial charge in [-0.1, -0.05) is 12.1 Å².